The van der Waals surface area contributed by atoms with Crippen molar-refractivity contribution in [1.82, 2.24) is 0 Å². The summed E-state index contributed by atoms with van der Waals surface area (Å²) in [6.45, 7) is 13.0. The first-order chi connectivity index (χ1) is 16.3. The molecule has 1 rings (SSSR count). The topological polar surface area (TPSA) is 32.1 Å². The van der Waals surface area contributed by atoms with E-state index in [0.717, 1.165) is 25.9 Å². The maximum atomic E-state index is 6.07. The molecule has 0 saturated carbocycles. The molecule has 1 fully saturated rings. The summed E-state index contributed by atoms with van der Waals surface area (Å²) in [5.74, 6) is 0. The van der Waals surface area contributed by atoms with Crippen LogP contribution in [0.4, 0.5) is 0 Å². The first-order valence-electron chi connectivity index (χ1n) is 14.8. The summed E-state index contributed by atoms with van der Waals surface area (Å²) in [5.41, 5.74) is 0. The number of hydrogen-bond donors (Lipinski definition) is 1. The minimum atomic E-state index is -1.15. The van der Waals surface area contributed by atoms with Gasteiger partial charge in [0.1, 0.15) is 0 Å². The number of rotatable bonds is 22. The zero-order chi connectivity index (χ0) is 24.4. The molecule has 0 aliphatic carbocycles. The van der Waals surface area contributed by atoms with Gasteiger partial charge in [-0.1, -0.05) is 117 Å². The molecule has 1 N–H and O–H groups in total. The summed E-state index contributed by atoms with van der Waals surface area (Å²) < 4.78 is 17.4. The lowest BCUT2D eigenvalue weighted by Gasteiger charge is -2.29. The van der Waals surface area contributed by atoms with Crippen molar-refractivity contribution in [3.05, 3.63) is 0 Å². The van der Waals surface area contributed by atoms with E-state index in [4.69, 9.17) is 13.6 Å². The SMILES string of the molecule is CC.CCCCCCCCCCCCCCCCCCOP(OC)OC1CC[NH+](CC)CC1. The Hall–Kier alpha value is 0.270. The van der Waals surface area contributed by atoms with E-state index >= 15 is 0 Å². The maximum Gasteiger partial charge on any atom is 0.332 e. The zero-order valence-corrected chi connectivity index (χ0v) is 24.2. The van der Waals surface area contributed by atoms with Crippen LogP contribution in [0.5, 0.6) is 0 Å². The second-order valence-corrected chi connectivity index (χ2v) is 10.7. The highest BCUT2D eigenvalue weighted by molar-refractivity contribution is 7.41. The van der Waals surface area contributed by atoms with E-state index in [2.05, 4.69) is 13.8 Å². The van der Waals surface area contributed by atoms with Gasteiger partial charge in [0.25, 0.3) is 0 Å². The molecule has 0 radical (unpaired) electrons. The quantitative estimate of drug-likeness (QED) is 0.122. The third-order valence-electron chi connectivity index (χ3n) is 6.72. The highest BCUT2D eigenvalue weighted by Gasteiger charge is 2.25. The third-order valence-corrected chi connectivity index (χ3v) is 7.88. The van der Waals surface area contributed by atoms with Crippen LogP contribution in [0, 0.1) is 0 Å². The first-order valence-corrected chi connectivity index (χ1v) is 15.9. The van der Waals surface area contributed by atoms with Crippen molar-refractivity contribution < 1.29 is 18.5 Å². The fraction of sp³-hybridized carbons (Fsp3) is 1.00. The molecular weight excluding hydrogens is 429 g/mol. The van der Waals surface area contributed by atoms with E-state index in [1.165, 1.54) is 116 Å². The number of piperidine rings is 1. The zero-order valence-electron chi connectivity index (χ0n) is 23.3. The Bertz CT molecular complexity index is 365. The summed E-state index contributed by atoms with van der Waals surface area (Å²) in [5, 5.41) is 0. The van der Waals surface area contributed by atoms with Gasteiger partial charge in [0.05, 0.1) is 32.3 Å². The Balaban J connectivity index is 0.00000497. The van der Waals surface area contributed by atoms with Crippen molar-refractivity contribution in [3.63, 3.8) is 0 Å². The summed E-state index contributed by atoms with van der Waals surface area (Å²) in [4.78, 5) is 1.69. The Morgan fingerprint density at radius 3 is 1.48 bits per heavy atom. The maximum absolute atomic E-state index is 6.07. The van der Waals surface area contributed by atoms with E-state index in [-0.39, 0.29) is 0 Å². The Morgan fingerprint density at radius 1 is 0.667 bits per heavy atom. The number of nitrogens with one attached hydrogen (secondary N) is 1. The Kier molecular flexibility index (Phi) is 27.1. The summed E-state index contributed by atoms with van der Waals surface area (Å²) in [6, 6.07) is 0. The largest absolute Gasteiger partial charge is 0.335 e. The lowest BCUT2D eigenvalue weighted by atomic mass is 10.0. The van der Waals surface area contributed by atoms with Crippen LogP contribution >= 0.6 is 8.60 Å². The molecule has 33 heavy (non-hydrogen) atoms. The van der Waals surface area contributed by atoms with Crippen molar-refractivity contribution in [2.75, 3.05) is 33.4 Å². The molecule has 1 saturated heterocycles. The number of quaternary nitrogens is 1. The average Bonchev–Trinajstić information content (AvgIpc) is 2.86. The summed E-state index contributed by atoms with van der Waals surface area (Å²) >= 11 is 0. The monoisotopic (exact) mass is 490 g/mol. The van der Waals surface area contributed by atoms with Gasteiger partial charge < -0.3 is 18.5 Å². The van der Waals surface area contributed by atoms with Crippen LogP contribution in [0.2, 0.25) is 0 Å². The van der Waals surface area contributed by atoms with Crippen molar-refractivity contribution in [1.29, 1.82) is 0 Å². The van der Waals surface area contributed by atoms with Gasteiger partial charge in [-0.25, -0.2) is 0 Å². The molecule has 1 unspecified atom stereocenters. The second-order valence-electron chi connectivity index (χ2n) is 9.45. The third kappa shape index (κ3) is 21.3. The molecule has 0 aromatic carbocycles. The van der Waals surface area contributed by atoms with Gasteiger partial charge in [-0.15, -0.1) is 0 Å². The van der Waals surface area contributed by atoms with Gasteiger partial charge in [0.2, 0.25) is 0 Å². The number of likely N-dealkylation sites (tertiary alicyclic amines) is 1. The predicted octanol–water partition coefficient (Wildman–Crippen LogP) is 8.25. The van der Waals surface area contributed by atoms with Crippen LogP contribution in [0.3, 0.4) is 0 Å². The van der Waals surface area contributed by atoms with Crippen molar-refractivity contribution >= 4 is 8.60 Å². The molecule has 0 amide bonds. The minimum Gasteiger partial charge on any atom is -0.335 e. The lowest BCUT2D eigenvalue weighted by Crippen LogP contribution is -3.12. The molecule has 1 heterocycles. The van der Waals surface area contributed by atoms with Gasteiger partial charge >= 0.3 is 8.60 Å². The fourth-order valence-corrected chi connectivity index (χ4v) is 5.48. The van der Waals surface area contributed by atoms with Gasteiger partial charge in [-0.2, -0.15) is 0 Å². The Morgan fingerprint density at radius 2 is 1.09 bits per heavy atom. The molecule has 4 nitrogen and oxygen atoms in total. The Labute approximate surface area is 209 Å². The molecule has 5 heteroatoms. The standard InChI is InChI=1S/C26H54NO3P.C2H6/c1-4-6-7-8-9-10-11-12-13-14-15-16-17-18-19-20-25-29-31(28-3)30-26-21-23-27(5-2)24-22-26;1-2/h26H,4-25H2,1-3H3;1-2H3/p+1. The molecule has 0 aromatic rings. The molecule has 200 valence electrons. The molecule has 1 aliphatic rings. The van der Waals surface area contributed by atoms with Crippen LogP contribution in [0.15, 0.2) is 0 Å². The molecule has 1 atom stereocenters. The fourth-order valence-electron chi connectivity index (χ4n) is 4.50. The van der Waals surface area contributed by atoms with Gasteiger partial charge in [-0.05, 0) is 13.3 Å². The lowest BCUT2D eigenvalue weighted by molar-refractivity contribution is -0.904. The summed E-state index contributed by atoms with van der Waals surface area (Å²) in [7, 11) is 0.561. The molecule has 0 aromatic heterocycles. The van der Waals surface area contributed by atoms with Crippen LogP contribution in [-0.4, -0.2) is 39.5 Å². The van der Waals surface area contributed by atoms with Crippen molar-refractivity contribution in [2.24, 2.45) is 0 Å². The minimum absolute atomic E-state index is 0.326. The first kappa shape index (κ1) is 33.3. The van der Waals surface area contributed by atoms with Crippen LogP contribution in [0.1, 0.15) is 143 Å². The normalized spacial score (nSPS) is 19.2. The van der Waals surface area contributed by atoms with E-state index in [9.17, 15) is 0 Å². The molecular formula is C28H61NO3P+. The van der Waals surface area contributed by atoms with E-state index in [1.807, 2.05) is 13.8 Å². The van der Waals surface area contributed by atoms with Crippen molar-refractivity contribution in [3.8, 4) is 0 Å². The van der Waals surface area contributed by atoms with Gasteiger partial charge in [0, 0.05) is 20.0 Å². The van der Waals surface area contributed by atoms with Crippen LogP contribution in [0.25, 0.3) is 0 Å². The van der Waals surface area contributed by atoms with E-state index < -0.39 is 8.60 Å². The molecule has 0 spiro atoms. The van der Waals surface area contributed by atoms with Gasteiger partial charge in [-0.3, -0.25) is 0 Å². The molecule has 1 aliphatic heterocycles. The van der Waals surface area contributed by atoms with Crippen LogP contribution < -0.4 is 4.90 Å². The van der Waals surface area contributed by atoms with E-state index in [0.29, 0.717) is 6.10 Å². The van der Waals surface area contributed by atoms with Crippen molar-refractivity contribution in [2.45, 2.75) is 149 Å². The smallest absolute Gasteiger partial charge is 0.332 e. The highest BCUT2D eigenvalue weighted by atomic mass is 31.2. The molecule has 0 bridgehead atoms. The highest BCUT2D eigenvalue weighted by Crippen LogP contribution is 2.41. The number of hydrogen-bond acceptors (Lipinski definition) is 3. The second kappa shape index (κ2) is 26.9. The number of unbranched alkanes of at least 4 members (excludes halogenated alkanes) is 15. The predicted molar refractivity (Wildman–Crippen MR) is 146 cm³/mol. The van der Waals surface area contributed by atoms with E-state index in [1.54, 1.807) is 12.0 Å². The summed E-state index contributed by atoms with van der Waals surface area (Å²) in [6.07, 6.45) is 24.9. The van der Waals surface area contributed by atoms with Crippen LogP contribution in [-0.2, 0) is 13.6 Å². The van der Waals surface area contributed by atoms with Gasteiger partial charge in [0.15, 0.2) is 0 Å². The average molecular weight is 491 g/mol.